The van der Waals surface area contributed by atoms with Gasteiger partial charge in [0.05, 0.1) is 13.7 Å². The predicted molar refractivity (Wildman–Crippen MR) is 137 cm³/mol. The first-order chi connectivity index (χ1) is 17.1. The lowest BCUT2D eigenvalue weighted by Crippen LogP contribution is -2.58. The molecule has 2 aromatic rings. The molecule has 1 atom stereocenters. The van der Waals surface area contributed by atoms with Gasteiger partial charge in [0.25, 0.3) is 5.91 Å². The first-order valence-corrected chi connectivity index (χ1v) is 13.1. The number of ether oxygens (including phenoxy) is 2. The van der Waals surface area contributed by atoms with Crippen LogP contribution in [-0.4, -0.2) is 54.5 Å². The molecule has 1 saturated carbocycles. The van der Waals surface area contributed by atoms with E-state index in [1.165, 1.54) is 12.8 Å². The van der Waals surface area contributed by atoms with Crippen molar-refractivity contribution in [2.24, 2.45) is 0 Å². The number of hydrogen-bond donors (Lipinski definition) is 0. The summed E-state index contributed by atoms with van der Waals surface area (Å²) >= 11 is 0. The van der Waals surface area contributed by atoms with Gasteiger partial charge < -0.3 is 19.3 Å². The summed E-state index contributed by atoms with van der Waals surface area (Å²) in [5.74, 6) is 1.28. The molecule has 0 spiro atoms. The van der Waals surface area contributed by atoms with Crippen LogP contribution in [0.15, 0.2) is 48.5 Å². The van der Waals surface area contributed by atoms with E-state index in [4.69, 9.17) is 9.47 Å². The molecule has 0 aromatic heterocycles. The average molecular weight is 479 g/mol. The molecule has 1 aliphatic carbocycles. The first-order valence-electron chi connectivity index (χ1n) is 13.1. The maximum atomic E-state index is 14.0. The highest BCUT2D eigenvalue weighted by Gasteiger charge is 2.42. The maximum absolute atomic E-state index is 14.0. The van der Waals surface area contributed by atoms with Crippen LogP contribution >= 0.6 is 0 Å². The summed E-state index contributed by atoms with van der Waals surface area (Å²) in [5, 5.41) is 0. The third-order valence-corrected chi connectivity index (χ3v) is 7.17. The molecule has 188 valence electrons. The Hall–Kier alpha value is -3.02. The quantitative estimate of drug-likeness (QED) is 0.467. The second-order valence-electron chi connectivity index (χ2n) is 9.60. The summed E-state index contributed by atoms with van der Waals surface area (Å²) in [5.41, 5.74) is 1.93. The van der Waals surface area contributed by atoms with E-state index >= 15 is 0 Å². The molecular formula is C29H38N2O4. The smallest absolute Gasteiger partial charge is 0.250 e. The molecule has 2 aliphatic rings. The highest BCUT2D eigenvalue weighted by molar-refractivity contribution is 5.96. The molecule has 2 fully saturated rings. The van der Waals surface area contributed by atoms with E-state index in [0.29, 0.717) is 31.1 Å². The Labute approximate surface area is 209 Å². The minimum Gasteiger partial charge on any atom is -0.493 e. The fourth-order valence-electron chi connectivity index (χ4n) is 5.28. The second-order valence-corrected chi connectivity index (χ2v) is 9.60. The van der Waals surface area contributed by atoms with Crippen LogP contribution in [0.25, 0.3) is 0 Å². The topological polar surface area (TPSA) is 59.1 Å². The number of amides is 2. The number of carbonyl (C=O) groups is 2. The second kappa shape index (κ2) is 12.1. The lowest BCUT2D eigenvalue weighted by atomic mass is 9.96. The van der Waals surface area contributed by atoms with Crippen molar-refractivity contribution in [3.8, 4) is 11.5 Å². The van der Waals surface area contributed by atoms with E-state index in [1.807, 2.05) is 41.3 Å². The standard InChI is InChI=1S/C29H38N2O4/c1-3-19-35-25-16-15-23(20-26(25)34-2)28-29(33)31(24-13-9-4-5-10-14-24)21-27(32)30(28)18-17-22-11-7-6-8-12-22/h6-8,11-12,15-16,20,24,28H,3-5,9-10,13-14,17-19,21H2,1-2H3. The van der Waals surface area contributed by atoms with E-state index in [0.717, 1.165) is 43.2 Å². The van der Waals surface area contributed by atoms with Gasteiger partial charge in [0.2, 0.25) is 5.91 Å². The number of methoxy groups -OCH3 is 1. The van der Waals surface area contributed by atoms with Gasteiger partial charge in [0.15, 0.2) is 11.5 Å². The summed E-state index contributed by atoms with van der Waals surface area (Å²) in [6.07, 6.45) is 8.18. The molecule has 2 amide bonds. The van der Waals surface area contributed by atoms with Crippen LogP contribution in [0, 0.1) is 0 Å². The van der Waals surface area contributed by atoms with Crippen molar-refractivity contribution < 1.29 is 19.1 Å². The van der Waals surface area contributed by atoms with Gasteiger partial charge in [-0.25, -0.2) is 0 Å². The molecular weight excluding hydrogens is 440 g/mol. The van der Waals surface area contributed by atoms with Crippen LogP contribution in [0.4, 0.5) is 0 Å². The molecule has 0 radical (unpaired) electrons. The zero-order valence-corrected chi connectivity index (χ0v) is 21.1. The highest BCUT2D eigenvalue weighted by atomic mass is 16.5. The maximum Gasteiger partial charge on any atom is 0.250 e. The van der Waals surface area contributed by atoms with Crippen molar-refractivity contribution >= 4 is 11.8 Å². The third kappa shape index (κ3) is 5.98. The average Bonchev–Trinajstić information content (AvgIpc) is 3.18. The number of nitrogens with zero attached hydrogens (tertiary/aromatic N) is 2. The van der Waals surface area contributed by atoms with Gasteiger partial charge in [-0.3, -0.25) is 9.59 Å². The number of hydrogen-bond acceptors (Lipinski definition) is 4. The Kier molecular flexibility index (Phi) is 8.67. The van der Waals surface area contributed by atoms with E-state index in [2.05, 4.69) is 19.1 Å². The summed E-state index contributed by atoms with van der Waals surface area (Å²) < 4.78 is 11.4. The highest BCUT2D eigenvalue weighted by Crippen LogP contribution is 2.36. The minimum atomic E-state index is -0.655. The van der Waals surface area contributed by atoms with Gasteiger partial charge in [0, 0.05) is 12.6 Å². The molecule has 4 rings (SSSR count). The van der Waals surface area contributed by atoms with Crippen molar-refractivity contribution in [2.45, 2.75) is 70.4 Å². The van der Waals surface area contributed by atoms with Crippen LogP contribution in [-0.2, 0) is 16.0 Å². The lowest BCUT2D eigenvalue weighted by molar-refractivity contribution is -0.158. The predicted octanol–water partition coefficient (Wildman–Crippen LogP) is 5.16. The Balaban J connectivity index is 1.65. The largest absolute Gasteiger partial charge is 0.493 e. The number of rotatable bonds is 9. The summed E-state index contributed by atoms with van der Waals surface area (Å²) in [7, 11) is 1.61. The number of benzene rings is 2. The van der Waals surface area contributed by atoms with Gasteiger partial charge in [-0.1, -0.05) is 69.0 Å². The van der Waals surface area contributed by atoms with Crippen molar-refractivity contribution in [1.82, 2.24) is 9.80 Å². The SMILES string of the molecule is CCCOc1ccc(C2C(=O)N(C3CCCCCC3)CC(=O)N2CCc2ccccc2)cc1OC. The molecule has 1 heterocycles. The zero-order valence-electron chi connectivity index (χ0n) is 21.1. The minimum absolute atomic E-state index is 0.0139. The van der Waals surface area contributed by atoms with E-state index in [9.17, 15) is 9.59 Å². The summed E-state index contributed by atoms with van der Waals surface area (Å²) in [4.78, 5) is 31.2. The van der Waals surface area contributed by atoms with Crippen LogP contribution in [0.3, 0.4) is 0 Å². The van der Waals surface area contributed by atoms with Gasteiger partial charge in [-0.05, 0) is 48.9 Å². The molecule has 6 heteroatoms. The van der Waals surface area contributed by atoms with Crippen molar-refractivity contribution in [3.63, 3.8) is 0 Å². The number of piperazine rings is 1. The van der Waals surface area contributed by atoms with E-state index < -0.39 is 6.04 Å². The first kappa shape index (κ1) is 25.1. The third-order valence-electron chi connectivity index (χ3n) is 7.17. The molecule has 6 nitrogen and oxygen atoms in total. The van der Waals surface area contributed by atoms with Crippen molar-refractivity contribution in [3.05, 3.63) is 59.7 Å². The fraction of sp³-hybridized carbons (Fsp3) is 0.517. The Morgan fingerprint density at radius 1 is 0.943 bits per heavy atom. The fourth-order valence-corrected chi connectivity index (χ4v) is 5.28. The Morgan fingerprint density at radius 2 is 1.69 bits per heavy atom. The van der Waals surface area contributed by atoms with Gasteiger partial charge >= 0.3 is 0 Å². The summed E-state index contributed by atoms with van der Waals surface area (Å²) in [6, 6.07) is 15.2. The normalized spacial score (nSPS) is 19.5. The zero-order chi connectivity index (χ0) is 24.6. The molecule has 35 heavy (non-hydrogen) atoms. The van der Waals surface area contributed by atoms with Crippen LogP contribution in [0.1, 0.15) is 69.0 Å². The Morgan fingerprint density at radius 3 is 2.37 bits per heavy atom. The number of carbonyl (C=O) groups excluding carboxylic acids is 2. The lowest BCUT2D eigenvalue weighted by Gasteiger charge is -2.43. The van der Waals surface area contributed by atoms with Gasteiger partial charge in [0.1, 0.15) is 12.6 Å². The van der Waals surface area contributed by atoms with Crippen LogP contribution in [0.2, 0.25) is 0 Å². The Bertz CT molecular complexity index is 985. The van der Waals surface area contributed by atoms with Crippen molar-refractivity contribution in [2.75, 3.05) is 26.8 Å². The van der Waals surface area contributed by atoms with Crippen LogP contribution in [0.5, 0.6) is 11.5 Å². The molecule has 1 saturated heterocycles. The monoisotopic (exact) mass is 478 g/mol. The van der Waals surface area contributed by atoms with Crippen molar-refractivity contribution in [1.29, 1.82) is 0 Å². The van der Waals surface area contributed by atoms with Gasteiger partial charge in [-0.2, -0.15) is 0 Å². The van der Waals surface area contributed by atoms with E-state index in [-0.39, 0.29) is 24.4 Å². The molecule has 1 aliphatic heterocycles. The molecule has 2 aromatic carbocycles. The molecule has 1 unspecified atom stereocenters. The van der Waals surface area contributed by atoms with Crippen LogP contribution < -0.4 is 9.47 Å². The summed E-state index contributed by atoms with van der Waals surface area (Å²) in [6.45, 7) is 3.31. The molecule has 0 bridgehead atoms. The van der Waals surface area contributed by atoms with Gasteiger partial charge in [-0.15, -0.1) is 0 Å². The molecule has 0 N–H and O–H groups in total. The van der Waals surface area contributed by atoms with E-state index in [1.54, 1.807) is 12.0 Å².